The Labute approximate surface area is 244 Å². The van der Waals surface area contributed by atoms with Crippen molar-refractivity contribution in [2.24, 2.45) is 0 Å². The lowest BCUT2D eigenvalue weighted by molar-refractivity contribution is -0.153. The molecule has 0 bridgehead atoms. The van der Waals surface area contributed by atoms with Crippen LogP contribution >= 0.6 is 0 Å². The molecule has 0 saturated carbocycles. The standard InChI is InChI=1S/C18H25NO5.C10H19NO3.C2H6O/c1-3-23-16(20)13-18(22-2)9-11-19(12-10-18)17(21)24-14-15-7-5-4-6-8-15;1-3-14-9(12)8-10(13-2)4-6-11-7-5-10;1-2-3/h4-8H,3,9-14H2,1-2H3;11H,3-8H2,1-2H3;3H,2H2,1H3. The van der Waals surface area contributed by atoms with Crippen molar-refractivity contribution < 1.29 is 43.2 Å². The number of amides is 1. The Bertz CT molecular complexity index is 868. The number of nitrogens with one attached hydrogen (secondary N) is 1. The summed E-state index contributed by atoms with van der Waals surface area (Å²) in [5, 5.41) is 10.8. The fraction of sp³-hybridized carbons (Fsp3) is 0.700. The van der Waals surface area contributed by atoms with Crippen molar-refractivity contribution in [3.05, 3.63) is 35.9 Å². The first-order chi connectivity index (χ1) is 19.7. The van der Waals surface area contributed by atoms with Crippen LogP contribution in [0.15, 0.2) is 30.3 Å². The summed E-state index contributed by atoms with van der Waals surface area (Å²) >= 11 is 0. The number of benzene rings is 1. The first-order valence-corrected chi connectivity index (χ1v) is 14.4. The highest BCUT2D eigenvalue weighted by atomic mass is 16.6. The summed E-state index contributed by atoms with van der Waals surface area (Å²) in [7, 11) is 3.27. The molecule has 3 rings (SSSR count). The molecule has 1 amide bonds. The van der Waals surface area contributed by atoms with Crippen LogP contribution in [-0.2, 0) is 39.9 Å². The Balaban J connectivity index is 0.000000419. The van der Waals surface area contributed by atoms with Gasteiger partial charge in [-0.2, -0.15) is 0 Å². The van der Waals surface area contributed by atoms with E-state index in [0.29, 0.717) is 45.6 Å². The van der Waals surface area contributed by atoms with E-state index in [2.05, 4.69) is 5.32 Å². The molecule has 2 fully saturated rings. The molecule has 0 aliphatic carbocycles. The summed E-state index contributed by atoms with van der Waals surface area (Å²) in [4.78, 5) is 36.9. The molecular formula is C30H50N2O9. The van der Waals surface area contributed by atoms with Gasteiger partial charge in [0.25, 0.3) is 0 Å². The zero-order valence-corrected chi connectivity index (χ0v) is 25.4. The Morgan fingerprint density at radius 3 is 1.71 bits per heavy atom. The van der Waals surface area contributed by atoms with Crippen LogP contribution in [0.25, 0.3) is 0 Å². The Morgan fingerprint density at radius 2 is 1.27 bits per heavy atom. The maximum Gasteiger partial charge on any atom is 0.410 e. The lowest BCUT2D eigenvalue weighted by Crippen LogP contribution is -2.48. The van der Waals surface area contributed by atoms with Gasteiger partial charge < -0.3 is 39.0 Å². The molecule has 0 atom stereocenters. The summed E-state index contributed by atoms with van der Waals surface area (Å²) in [6.45, 7) is 9.41. The predicted molar refractivity (Wildman–Crippen MR) is 154 cm³/mol. The molecule has 1 aromatic carbocycles. The highest BCUT2D eigenvalue weighted by Gasteiger charge is 2.39. The smallest absolute Gasteiger partial charge is 0.410 e. The van der Waals surface area contributed by atoms with E-state index in [1.165, 1.54) is 0 Å². The first-order valence-electron chi connectivity index (χ1n) is 14.4. The van der Waals surface area contributed by atoms with Crippen molar-refractivity contribution in [1.29, 1.82) is 0 Å². The maximum atomic E-state index is 12.2. The van der Waals surface area contributed by atoms with Gasteiger partial charge in [0.2, 0.25) is 0 Å². The minimum absolute atomic E-state index is 0.156. The van der Waals surface area contributed by atoms with Crippen molar-refractivity contribution in [3.8, 4) is 0 Å². The number of methoxy groups -OCH3 is 2. The summed E-state index contributed by atoms with van der Waals surface area (Å²) in [6.07, 6.45) is 3.18. The number of ether oxygens (including phenoxy) is 5. The van der Waals surface area contributed by atoms with Gasteiger partial charge >= 0.3 is 18.0 Å². The number of carbonyl (C=O) groups is 3. The number of piperidine rings is 2. The van der Waals surface area contributed by atoms with Crippen LogP contribution in [-0.4, -0.2) is 99.5 Å². The van der Waals surface area contributed by atoms with E-state index in [9.17, 15) is 14.4 Å². The van der Waals surface area contributed by atoms with E-state index in [1.54, 1.807) is 33.0 Å². The number of esters is 2. The van der Waals surface area contributed by atoms with Gasteiger partial charge in [-0.05, 0) is 65.1 Å². The molecule has 11 heteroatoms. The zero-order valence-electron chi connectivity index (χ0n) is 25.4. The highest BCUT2D eigenvalue weighted by molar-refractivity contribution is 5.71. The SMILES string of the molecule is CCO.CCOC(=O)CC1(OC)CCN(C(=O)OCc2ccccc2)CC1.CCOC(=O)CC1(OC)CCNCC1. The van der Waals surface area contributed by atoms with E-state index in [-0.39, 0.29) is 43.3 Å². The fourth-order valence-corrected chi connectivity index (χ4v) is 4.65. The largest absolute Gasteiger partial charge is 0.466 e. The quantitative estimate of drug-likeness (QED) is 0.312. The van der Waals surface area contributed by atoms with Crippen molar-refractivity contribution in [1.82, 2.24) is 10.2 Å². The van der Waals surface area contributed by atoms with E-state index in [4.69, 9.17) is 28.8 Å². The molecule has 2 aliphatic rings. The molecule has 0 unspecified atom stereocenters. The van der Waals surface area contributed by atoms with Gasteiger partial charge in [0.15, 0.2) is 0 Å². The second-order valence-corrected chi connectivity index (χ2v) is 9.83. The third-order valence-corrected chi connectivity index (χ3v) is 7.06. The van der Waals surface area contributed by atoms with Crippen LogP contribution in [0.2, 0.25) is 0 Å². The number of likely N-dealkylation sites (tertiary alicyclic amines) is 1. The second kappa shape index (κ2) is 20.2. The summed E-state index contributed by atoms with van der Waals surface area (Å²) < 4.78 is 26.3. The number of nitrogens with zero attached hydrogens (tertiary/aromatic N) is 1. The van der Waals surface area contributed by atoms with Crippen LogP contribution in [0, 0.1) is 0 Å². The van der Waals surface area contributed by atoms with Crippen LogP contribution in [0.1, 0.15) is 64.9 Å². The third kappa shape index (κ3) is 13.7. The minimum atomic E-state index is -0.553. The lowest BCUT2D eigenvalue weighted by atomic mass is 9.88. The van der Waals surface area contributed by atoms with Gasteiger partial charge in [0, 0.05) is 33.9 Å². The van der Waals surface area contributed by atoms with Gasteiger partial charge in [0.1, 0.15) is 6.61 Å². The molecule has 41 heavy (non-hydrogen) atoms. The zero-order chi connectivity index (χ0) is 30.6. The van der Waals surface area contributed by atoms with Crippen LogP contribution < -0.4 is 5.32 Å². The topological polar surface area (TPSA) is 133 Å². The number of aliphatic hydroxyl groups is 1. The van der Waals surface area contributed by atoms with E-state index in [1.807, 2.05) is 37.3 Å². The van der Waals surface area contributed by atoms with E-state index in [0.717, 1.165) is 31.5 Å². The summed E-state index contributed by atoms with van der Waals surface area (Å²) in [5.74, 6) is -0.421. The van der Waals surface area contributed by atoms with Crippen molar-refractivity contribution in [2.75, 3.05) is 60.2 Å². The van der Waals surface area contributed by atoms with Gasteiger partial charge in [-0.25, -0.2) is 4.79 Å². The number of hydrogen-bond acceptors (Lipinski definition) is 10. The minimum Gasteiger partial charge on any atom is -0.466 e. The molecular weight excluding hydrogens is 532 g/mol. The molecule has 1 aromatic rings. The molecule has 2 N–H and O–H groups in total. The van der Waals surface area contributed by atoms with E-state index < -0.39 is 5.60 Å². The Morgan fingerprint density at radius 1 is 0.805 bits per heavy atom. The molecule has 0 aromatic heterocycles. The monoisotopic (exact) mass is 582 g/mol. The average Bonchev–Trinajstić information content (AvgIpc) is 2.98. The third-order valence-electron chi connectivity index (χ3n) is 7.06. The van der Waals surface area contributed by atoms with Gasteiger partial charge in [0.05, 0.1) is 37.3 Å². The predicted octanol–water partition coefficient (Wildman–Crippen LogP) is 3.46. The average molecular weight is 583 g/mol. The van der Waals surface area contributed by atoms with Gasteiger partial charge in [-0.15, -0.1) is 0 Å². The summed E-state index contributed by atoms with van der Waals surface area (Å²) in [6, 6.07) is 9.57. The van der Waals surface area contributed by atoms with Crippen LogP contribution in [0.5, 0.6) is 0 Å². The second-order valence-electron chi connectivity index (χ2n) is 9.83. The number of hydrogen-bond donors (Lipinski definition) is 2. The molecule has 2 aliphatic heterocycles. The van der Waals surface area contributed by atoms with Crippen molar-refractivity contribution in [2.45, 2.75) is 77.1 Å². The maximum absolute atomic E-state index is 12.2. The molecule has 0 spiro atoms. The Hall–Kier alpha value is -2.73. The molecule has 2 heterocycles. The number of rotatable bonds is 10. The Kier molecular flexibility index (Phi) is 17.9. The fourth-order valence-electron chi connectivity index (χ4n) is 4.65. The molecule has 234 valence electrons. The lowest BCUT2D eigenvalue weighted by Gasteiger charge is -2.39. The van der Waals surface area contributed by atoms with Crippen LogP contribution in [0.3, 0.4) is 0 Å². The molecule has 11 nitrogen and oxygen atoms in total. The van der Waals surface area contributed by atoms with Crippen molar-refractivity contribution in [3.63, 3.8) is 0 Å². The van der Waals surface area contributed by atoms with Gasteiger partial charge in [-0.3, -0.25) is 9.59 Å². The first kappa shape index (κ1) is 36.3. The number of carbonyl (C=O) groups excluding carboxylic acids is 3. The van der Waals surface area contributed by atoms with Gasteiger partial charge in [-0.1, -0.05) is 30.3 Å². The molecule has 0 radical (unpaired) electrons. The van der Waals surface area contributed by atoms with Crippen molar-refractivity contribution >= 4 is 18.0 Å². The van der Waals surface area contributed by atoms with E-state index >= 15 is 0 Å². The number of aliphatic hydroxyl groups excluding tert-OH is 1. The highest BCUT2D eigenvalue weighted by Crippen LogP contribution is 2.30. The summed E-state index contributed by atoms with van der Waals surface area (Å²) in [5.41, 5.74) is 0.108. The molecule has 2 saturated heterocycles. The van der Waals surface area contributed by atoms with Crippen LogP contribution in [0.4, 0.5) is 4.79 Å². The normalized spacial score (nSPS) is 17.1.